The van der Waals surface area contributed by atoms with Crippen LogP contribution in [-0.2, 0) is 22.3 Å². The highest BCUT2D eigenvalue weighted by Crippen LogP contribution is 2.25. The lowest BCUT2D eigenvalue weighted by Gasteiger charge is -2.35. The van der Waals surface area contributed by atoms with Crippen LogP contribution in [-0.4, -0.2) is 56.6 Å². The van der Waals surface area contributed by atoms with Gasteiger partial charge in [-0.25, -0.2) is 0 Å². The van der Waals surface area contributed by atoms with Crippen LogP contribution >= 0.6 is 0 Å². The van der Waals surface area contributed by atoms with Crippen molar-refractivity contribution in [1.82, 2.24) is 4.90 Å². The van der Waals surface area contributed by atoms with Crippen molar-refractivity contribution < 1.29 is 14.2 Å². The van der Waals surface area contributed by atoms with Gasteiger partial charge in [0.2, 0.25) is 0 Å². The Morgan fingerprint density at radius 2 is 1.83 bits per heavy atom. The summed E-state index contributed by atoms with van der Waals surface area (Å²) in [5, 5.41) is 0. The van der Waals surface area contributed by atoms with Crippen LogP contribution in [0.4, 0.5) is 0 Å². The van der Waals surface area contributed by atoms with Crippen LogP contribution in [0.3, 0.4) is 0 Å². The molecule has 1 aromatic rings. The molecule has 1 aromatic carbocycles. The van der Waals surface area contributed by atoms with Crippen LogP contribution in [0.5, 0.6) is 5.75 Å². The second-order valence-corrected chi connectivity index (χ2v) is 6.76. The fourth-order valence-corrected chi connectivity index (χ4v) is 3.62. The maximum Gasteiger partial charge on any atom is 0.119 e. The van der Waals surface area contributed by atoms with Gasteiger partial charge in [-0.1, -0.05) is 6.07 Å². The average molecular weight is 319 g/mol. The van der Waals surface area contributed by atoms with Gasteiger partial charge in [0.25, 0.3) is 0 Å². The van der Waals surface area contributed by atoms with Crippen molar-refractivity contribution in [3.63, 3.8) is 0 Å². The first kappa shape index (κ1) is 16.7. The zero-order valence-electron chi connectivity index (χ0n) is 14.4. The van der Waals surface area contributed by atoms with Gasteiger partial charge in [0.1, 0.15) is 12.4 Å². The Balaban J connectivity index is 1.28. The normalized spacial score (nSPS) is 24.6. The smallest absolute Gasteiger partial charge is 0.119 e. The van der Waals surface area contributed by atoms with Gasteiger partial charge in [-0.2, -0.15) is 0 Å². The zero-order valence-corrected chi connectivity index (χ0v) is 14.4. The second kappa shape index (κ2) is 8.13. The molecule has 0 amide bonds. The minimum Gasteiger partial charge on any atom is -0.491 e. The van der Waals surface area contributed by atoms with Crippen LogP contribution < -0.4 is 4.74 Å². The molecule has 0 aromatic heterocycles. The third-order valence-corrected chi connectivity index (χ3v) is 4.61. The van der Waals surface area contributed by atoms with Gasteiger partial charge in [0.05, 0.1) is 25.4 Å². The van der Waals surface area contributed by atoms with E-state index in [2.05, 4.69) is 36.9 Å². The molecule has 0 bridgehead atoms. The number of morpholine rings is 1. The Hall–Kier alpha value is -1.10. The number of hydrogen-bond donors (Lipinski definition) is 0. The molecule has 2 atom stereocenters. The standard InChI is InChI=1S/C19H29NO3/c1-15-13-20(14-16(2)23-15)8-9-21-10-11-22-19-7-6-17-4-3-5-18(17)12-19/h6-7,12,15-16H,3-5,8-11,13-14H2,1-2H3/t15-,16-/m0/s1. The number of rotatable bonds is 7. The summed E-state index contributed by atoms with van der Waals surface area (Å²) in [6.45, 7) is 9.26. The van der Waals surface area contributed by atoms with Gasteiger partial charge in [-0.05, 0) is 56.4 Å². The predicted molar refractivity (Wildman–Crippen MR) is 91.2 cm³/mol. The van der Waals surface area contributed by atoms with E-state index in [9.17, 15) is 0 Å². The molecule has 2 aliphatic rings. The van der Waals surface area contributed by atoms with Crippen molar-refractivity contribution in [2.45, 2.75) is 45.3 Å². The number of hydrogen-bond acceptors (Lipinski definition) is 4. The highest BCUT2D eigenvalue weighted by molar-refractivity contribution is 5.38. The van der Waals surface area contributed by atoms with Crippen molar-refractivity contribution >= 4 is 0 Å². The highest BCUT2D eigenvalue weighted by atomic mass is 16.5. The molecule has 0 unspecified atom stereocenters. The lowest BCUT2D eigenvalue weighted by molar-refractivity contribution is -0.0734. The van der Waals surface area contributed by atoms with Gasteiger partial charge in [0.15, 0.2) is 0 Å². The van der Waals surface area contributed by atoms with E-state index >= 15 is 0 Å². The first-order valence-electron chi connectivity index (χ1n) is 8.91. The Bertz CT molecular complexity index is 495. The van der Waals surface area contributed by atoms with Crippen LogP contribution in [0.2, 0.25) is 0 Å². The SMILES string of the molecule is C[C@H]1CN(CCOCCOc2ccc3c(c2)CCC3)C[C@H](C)O1. The van der Waals surface area contributed by atoms with Crippen LogP contribution in [0.1, 0.15) is 31.4 Å². The second-order valence-electron chi connectivity index (χ2n) is 6.76. The molecule has 23 heavy (non-hydrogen) atoms. The van der Waals surface area contributed by atoms with Crippen LogP contribution in [0.25, 0.3) is 0 Å². The number of aryl methyl sites for hydroxylation is 2. The van der Waals surface area contributed by atoms with Gasteiger partial charge in [0, 0.05) is 19.6 Å². The molecule has 0 N–H and O–H groups in total. The topological polar surface area (TPSA) is 30.9 Å². The minimum absolute atomic E-state index is 0.321. The number of benzene rings is 1. The van der Waals surface area contributed by atoms with Gasteiger partial charge in [-0.15, -0.1) is 0 Å². The van der Waals surface area contributed by atoms with Gasteiger partial charge < -0.3 is 14.2 Å². The van der Waals surface area contributed by atoms with E-state index in [-0.39, 0.29) is 0 Å². The van der Waals surface area contributed by atoms with Crippen molar-refractivity contribution in [2.24, 2.45) is 0 Å². The monoisotopic (exact) mass is 319 g/mol. The zero-order chi connectivity index (χ0) is 16.1. The summed E-state index contributed by atoms with van der Waals surface area (Å²) in [6, 6.07) is 6.48. The lowest BCUT2D eigenvalue weighted by atomic mass is 10.1. The van der Waals surface area contributed by atoms with E-state index in [1.54, 1.807) is 0 Å². The molecular formula is C19H29NO3. The largest absolute Gasteiger partial charge is 0.491 e. The van der Waals surface area contributed by atoms with Crippen LogP contribution in [0.15, 0.2) is 18.2 Å². The average Bonchev–Trinajstić information content (AvgIpc) is 2.97. The number of nitrogens with zero attached hydrogens (tertiary/aromatic N) is 1. The molecule has 0 radical (unpaired) electrons. The molecular weight excluding hydrogens is 290 g/mol. The molecule has 1 saturated heterocycles. The van der Waals surface area contributed by atoms with E-state index in [4.69, 9.17) is 14.2 Å². The minimum atomic E-state index is 0.321. The van der Waals surface area contributed by atoms with Crippen LogP contribution in [0, 0.1) is 0 Å². The summed E-state index contributed by atoms with van der Waals surface area (Å²) in [4.78, 5) is 2.42. The van der Waals surface area contributed by atoms with E-state index in [0.717, 1.165) is 32.0 Å². The summed E-state index contributed by atoms with van der Waals surface area (Å²) in [5.41, 5.74) is 2.95. The summed E-state index contributed by atoms with van der Waals surface area (Å²) < 4.78 is 17.3. The molecule has 3 rings (SSSR count). The summed E-state index contributed by atoms with van der Waals surface area (Å²) in [5.74, 6) is 0.977. The lowest BCUT2D eigenvalue weighted by Crippen LogP contribution is -2.46. The first-order valence-corrected chi connectivity index (χ1v) is 8.91. The van der Waals surface area contributed by atoms with Crippen molar-refractivity contribution in [2.75, 3.05) is 39.5 Å². The Labute approximate surface area is 139 Å². The van der Waals surface area contributed by atoms with Crippen molar-refractivity contribution in [3.8, 4) is 5.75 Å². The maximum atomic E-state index is 5.80. The molecule has 128 valence electrons. The Morgan fingerprint density at radius 1 is 1.04 bits per heavy atom. The maximum absolute atomic E-state index is 5.80. The molecule has 4 nitrogen and oxygen atoms in total. The van der Waals surface area contributed by atoms with Crippen molar-refractivity contribution in [1.29, 1.82) is 0 Å². The first-order chi connectivity index (χ1) is 11.2. The molecule has 1 heterocycles. The van der Waals surface area contributed by atoms with E-state index in [1.165, 1.54) is 30.4 Å². The summed E-state index contributed by atoms with van der Waals surface area (Å²) in [6.07, 6.45) is 4.33. The Kier molecular flexibility index (Phi) is 5.92. The number of fused-ring (bicyclic) bond motifs is 1. The number of ether oxygens (including phenoxy) is 3. The predicted octanol–water partition coefficient (Wildman–Crippen LogP) is 2.68. The molecule has 1 aliphatic heterocycles. The summed E-state index contributed by atoms with van der Waals surface area (Å²) >= 11 is 0. The van der Waals surface area contributed by atoms with Gasteiger partial charge in [-0.3, -0.25) is 4.90 Å². The molecule has 4 heteroatoms. The Morgan fingerprint density at radius 3 is 2.65 bits per heavy atom. The quantitative estimate of drug-likeness (QED) is 0.723. The molecule has 1 aliphatic carbocycles. The van der Waals surface area contributed by atoms with E-state index in [0.29, 0.717) is 25.4 Å². The van der Waals surface area contributed by atoms with E-state index in [1.807, 2.05) is 0 Å². The third kappa shape index (κ3) is 4.93. The third-order valence-electron chi connectivity index (χ3n) is 4.61. The molecule has 1 fully saturated rings. The summed E-state index contributed by atoms with van der Waals surface area (Å²) in [7, 11) is 0. The molecule has 0 saturated carbocycles. The van der Waals surface area contributed by atoms with E-state index < -0.39 is 0 Å². The van der Waals surface area contributed by atoms with Crippen molar-refractivity contribution in [3.05, 3.63) is 29.3 Å². The highest BCUT2D eigenvalue weighted by Gasteiger charge is 2.21. The fraction of sp³-hybridized carbons (Fsp3) is 0.684. The van der Waals surface area contributed by atoms with Gasteiger partial charge >= 0.3 is 0 Å². The molecule has 0 spiro atoms. The fourth-order valence-electron chi connectivity index (χ4n) is 3.62.